The normalized spacial score (nSPS) is 11.3. The van der Waals surface area contributed by atoms with E-state index in [1.807, 2.05) is 36.4 Å². The summed E-state index contributed by atoms with van der Waals surface area (Å²) in [5.74, 6) is -0.473. The highest BCUT2D eigenvalue weighted by molar-refractivity contribution is 5.96. The molecule has 0 spiro atoms. The van der Waals surface area contributed by atoms with E-state index in [2.05, 4.69) is 10.3 Å². The average molecular weight is 393 g/mol. The van der Waals surface area contributed by atoms with E-state index in [1.54, 1.807) is 39.0 Å². The van der Waals surface area contributed by atoms with Crippen molar-refractivity contribution in [1.29, 1.82) is 0 Å². The fourth-order valence-corrected chi connectivity index (χ4v) is 3.05. The average Bonchev–Trinajstić information content (AvgIpc) is 2.66. The third kappa shape index (κ3) is 4.63. The van der Waals surface area contributed by atoms with Crippen LogP contribution in [0.2, 0.25) is 0 Å². The van der Waals surface area contributed by atoms with Crippen LogP contribution in [-0.2, 0) is 4.79 Å². The lowest BCUT2D eigenvalue weighted by atomic mass is 10.1. The number of hydrogen-bond donors (Lipinski definition) is 3. The summed E-state index contributed by atoms with van der Waals surface area (Å²) in [5.41, 5.74) is 1.07. The van der Waals surface area contributed by atoms with Gasteiger partial charge < -0.3 is 15.4 Å². The molecular weight excluding hydrogens is 370 g/mol. The van der Waals surface area contributed by atoms with E-state index < -0.39 is 17.5 Å². The highest BCUT2D eigenvalue weighted by atomic mass is 16.4. The highest BCUT2D eigenvalue weighted by Crippen LogP contribution is 2.22. The summed E-state index contributed by atoms with van der Waals surface area (Å²) >= 11 is 0. The van der Waals surface area contributed by atoms with Gasteiger partial charge >= 0.3 is 6.09 Å². The van der Waals surface area contributed by atoms with E-state index in [-0.39, 0.29) is 12.1 Å². The first-order valence-electron chi connectivity index (χ1n) is 9.18. The molecule has 2 amide bonds. The first kappa shape index (κ1) is 20.1. The van der Waals surface area contributed by atoms with E-state index in [9.17, 15) is 19.5 Å². The summed E-state index contributed by atoms with van der Waals surface area (Å²) in [6.07, 6.45) is -1.17. The van der Waals surface area contributed by atoms with Gasteiger partial charge in [-0.1, -0.05) is 36.4 Å². The van der Waals surface area contributed by atoms with Crippen molar-refractivity contribution >= 4 is 28.5 Å². The Hall–Kier alpha value is -3.61. The molecule has 0 fully saturated rings. The Kier molecular flexibility index (Phi) is 5.41. The smallest absolute Gasteiger partial charge is 0.408 e. The van der Waals surface area contributed by atoms with Crippen molar-refractivity contribution in [2.75, 3.05) is 11.9 Å². The number of rotatable bonds is 4. The largest absolute Gasteiger partial charge is 0.465 e. The Labute approximate surface area is 168 Å². The maximum Gasteiger partial charge on any atom is 0.408 e. The molecule has 29 heavy (non-hydrogen) atoms. The monoisotopic (exact) mass is 393 g/mol. The zero-order chi connectivity index (χ0) is 21.2. The molecule has 0 radical (unpaired) electrons. The molecule has 3 N–H and O–H groups in total. The van der Waals surface area contributed by atoms with Gasteiger partial charge in [0.1, 0.15) is 6.54 Å². The molecule has 0 saturated heterocycles. The van der Waals surface area contributed by atoms with Gasteiger partial charge in [-0.15, -0.1) is 0 Å². The van der Waals surface area contributed by atoms with Crippen molar-refractivity contribution in [3.05, 3.63) is 65.0 Å². The van der Waals surface area contributed by atoms with Gasteiger partial charge in [0.25, 0.3) is 5.56 Å². The van der Waals surface area contributed by atoms with E-state index >= 15 is 0 Å². The number of nitrogens with zero attached hydrogens (tertiary/aromatic N) is 1. The molecule has 1 aromatic heterocycles. The minimum absolute atomic E-state index is 0.265. The van der Waals surface area contributed by atoms with Gasteiger partial charge in [0.15, 0.2) is 0 Å². The lowest BCUT2D eigenvalue weighted by molar-refractivity contribution is -0.118. The van der Waals surface area contributed by atoms with E-state index in [1.165, 1.54) is 0 Å². The maximum absolute atomic E-state index is 12.6. The van der Waals surface area contributed by atoms with Crippen molar-refractivity contribution in [2.45, 2.75) is 26.3 Å². The SMILES string of the molecule is CC(C)(C)N(CC(=O)Nc1ccc2cc(-c3ccccc3)[nH]c(=O)c2c1)C(=O)O. The zero-order valence-corrected chi connectivity index (χ0v) is 16.5. The Morgan fingerprint density at radius 2 is 1.76 bits per heavy atom. The van der Waals surface area contributed by atoms with Crippen LogP contribution in [-0.4, -0.2) is 39.1 Å². The Morgan fingerprint density at radius 3 is 2.38 bits per heavy atom. The molecule has 0 saturated carbocycles. The van der Waals surface area contributed by atoms with Crippen molar-refractivity contribution in [3.8, 4) is 11.3 Å². The Morgan fingerprint density at radius 1 is 1.07 bits per heavy atom. The highest BCUT2D eigenvalue weighted by Gasteiger charge is 2.28. The number of benzene rings is 2. The molecule has 0 aliphatic heterocycles. The van der Waals surface area contributed by atoms with E-state index in [0.29, 0.717) is 16.8 Å². The third-order valence-electron chi connectivity index (χ3n) is 4.56. The quantitative estimate of drug-likeness (QED) is 0.625. The van der Waals surface area contributed by atoms with Crippen LogP contribution in [0.25, 0.3) is 22.0 Å². The minimum atomic E-state index is -1.17. The zero-order valence-electron chi connectivity index (χ0n) is 16.5. The molecule has 7 heteroatoms. The number of aromatic nitrogens is 1. The number of nitrogens with one attached hydrogen (secondary N) is 2. The molecule has 0 unspecified atom stereocenters. The lowest BCUT2D eigenvalue weighted by Gasteiger charge is -2.32. The van der Waals surface area contributed by atoms with Crippen LogP contribution in [0.5, 0.6) is 0 Å². The van der Waals surface area contributed by atoms with Crippen molar-refractivity contribution in [3.63, 3.8) is 0 Å². The third-order valence-corrected chi connectivity index (χ3v) is 4.56. The number of carbonyl (C=O) groups excluding carboxylic acids is 1. The van der Waals surface area contributed by atoms with Crippen LogP contribution < -0.4 is 10.9 Å². The molecule has 150 valence electrons. The van der Waals surface area contributed by atoms with Gasteiger partial charge in [-0.3, -0.25) is 14.5 Å². The lowest BCUT2D eigenvalue weighted by Crippen LogP contribution is -2.48. The van der Waals surface area contributed by atoms with E-state index in [0.717, 1.165) is 15.8 Å². The Bertz CT molecular complexity index is 1110. The van der Waals surface area contributed by atoms with Crippen LogP contribution in [0, 0.1) is 0 Å². The van der Waals surface area contributed by atoms with Crippen molar-refractivity contribution in [1.82, 2.24) is 9.88 Å². The number of fused-ring (bicyclic) bond motifs is 1. The molecular formula is C22H23N3O4. The summed E-state index contributed by atoms with van der Waals surface area (Å²) in [5, 5.41) is 13.2. The summed E-state index contributed by atoms with van der Waals surface area (Å²) < 4.78 is 0. The van der Waals surface area contributed by atoms with Gasteiger partial charge in [-0.25, -0.2) is 4.79 Å². The topological polar surface area (TPSA) is 103 Å². The summed E-state index contributed by atoms with van der Waals surface area (Å²) in [7, 11) is 0. The first-order chi connectivity index (χ1) is 13.6. The fourth-order valence-electron chi connectivity index (χ4n) is 3.05. The number of hydrogen-bond acceptors (Lipinski definition) is 3. The molecule has 2 aromatic carbocycles. The Balaban J connectivity index is 1.85. The second-order valence-corrected chi connectivity index (χ2v) is 7.77. The minimum Gasteiger partial charge on any atom is -0.465 e. The van der Waals surface area contributed by atoms with Crippen molar-refractivity contribution in [2.24, 2.45) is 0 Å². The maximum atomic E-state index is 12.6. The second-order valence-electron chi connectivity index (χ2n) is 7.77. The van der Waals surface area contributed by atoms with Crippen LogP contribution in [0.3, 0.4) is 0 Å². The molecule has 3 rings (SSSR count). The van der Waals surface area contributed by atoms with Crippen LogP contribution in [0.15, 0.2) is 59.4 Å². The summed E-state index contributed by atoms with van der Waals surface area (Å²) in [6, 6.07) is 16.4. The number of carboxylic acid groups (broad SMARTS) is 1. The van der Waals surface area contributed by atoms with Gasteiger partial charge in [0.2, 0.25) is 5.91 Å². The standard InChI is InChI=1S/C22H23N3O4/c1-22(2,3)25(21(28)29)13-19(26)23-16-10-9-15-11-18(14-7-5-4-6-8-14)24-20(27)17(15)12-16/h4-12H,13H2,1-3H3,(H,23,26)(H,24,27)(H,28,29). The molecule has 0 atom stereocenters. The van der Waals surface area contributed by atoms with Gasteiger partial charge in [0, 0.05) is 22.3 Å². The fraction of sp³-hybridized carbons (Fsp3) is 0.227. The predicted molar refractivity (Wildman–Crippen MR) is 113 cm³/mol. The predicted octanol–water partition coefficient (Wildman–Crippen LogP) is 3.91. The molecule has 0 aliphatic rings. The van der Waals surface area contributed by atoms with Crippen LogP contribution in [0.1, 0.15) is 20.8 Å². The number of anilines is 1. The molecule has 0 bridgehead atoms. The van der Waals surface area contributed by atoms with E-state index in [4.69, 9.17) is 0 Å². The molecule has 7 nitrogen and oxygen atoms in total. The number of aromatic amines is 1. The van der Waals surface area contributed by atoms with Crippen molar-refractivity contribution < 1.29 is 14.7 Å². The number of pyridine rings is 1. The summed E-state index contributed by atoms with van der Waals surface area (Å²) in [4.78, 5) is 40.2. The van der Waals surface area contributed by atoms with Gasteiger partial charge in [0.05, 0.1) is 0 Å². The van der Waals surface area contributed by atoms with Crippen LogP contribution in [0.4, 0.5) is 10.5 Å². The van der Waals surface area contributed by atoms with Crippen LogP contribution >= 0.6 is 0 Å². The number of amides is 2. The van der Waals surface area contributed by atoms with Gasteiger partial charge in [-0.2, -0.15) is 0 Å². The second kappa shape index (κ2) is 7.79. The molecule has 3 aromatic rings. The number of H-pyrrole nitrogens is 1. The first-order valence-corrected chi connectivity index (χ1v) is 9.18. The molecule has 0 aliphatic carbocycles. The molecule has 1 heterocycles. The number of carbonyl (C=O) groups is 2. The summed E-state index contributed by atoms with van der Waals surface area (Å²) in [6.45, 7) is 4.84. The van der Waals surface area contributed by atoms with Gasteiger partial charge in [-0.05, 0) is 49.9 Å².